The van der Waals surface area contributed by atoms with E-state index >= 15 is 0 Å². The molecule has 2 aromatic heterocycles. The van der Waals surface area contributed by atoms with Gasteiger partial charge in [-0.3, -0.25) is 9.48 Å². The Balaban J connectivity index is 2.31. The van der Waals surface area contributed by atoms with Gasteiger partial charge in [0.2, 0.25) is 0 Å². The van der Waals surface area contributed by atoms with Gasteiger partial charge in [-0.1, -0.05) is 0 Å². The molecule has 118 valence electrons. The van der Waals surface area contributed by atoms with Crippen molar-refractivity contribution in [1.29, 1.82) is 0 Å². The number of amides is 1. The molecule has 2 heterocycles. The van der Waals surface area contributed by atoms with Crippen molar-refractivity contribution in [3.63, 3.8) is 0 Å². The first-order valence-corrected chi connectivity index (χ1v) is 6.39. The van der Waals surface area contributed by atoms with E-state index < -0.39 is 18.1 Å². The third-order valence-corrected chi connectivity index (χ3v) is 3.38. The lowest BCUT2D eigenvalue weighted by Crippen LogP contribution is -2.28. The lowest BCUT2D eigenvalue weighted by atomic mass is 10.2. The van der Waals surface area contributed by atoms with Crippen molar-refractivity contribution in [3.8, 4) is 0 Å². The van der Waals surface area contributed by atoms with Crippen molar-refractivity contribution in [3.05, 3.63) is 35.9 Å². The van der Waals surface area contributed by atoms with Crippen LogP contribution in [0, 0.1) is 6.92 Å². The molecular weight excluding hydrogens is 299 g/mol. The maximum absolute atomic E-state index is 12.8. The predicted molar refractivity (Wildman–Crippen MR) is 72.5 cm³/mol. The smallest absolute Gasteiger partial charge is 0.310 e. The monoisotopic (exact) mass is 313 g/mol. The molecule has 1 unspecified atom stereocenters. The molecule has 1 atom stereocenters. The maximum atomic E-state index is 12.8. The van der Waals surface area contributed by atoms with Crippen LogP contribution in [0.4, 0.5) is 18.9 Å². The number of hydrogen-bond acceptors (Lipinski definition) is 4. The molecule has 0 N–H and O–H groups in total. The average Bonchev–Trinajstić information content (AvgIpc) is 2.86. The van der Waals surface area contributed by atoms with E-state index in [4.69, 9.17) is 0 Å². The van der Waals surface area contributed by atoms with E-state index in [1.807, 2.05) is 0 Å². The molecule has 0 fully saturated rings. The van der Waals surface area contributed by atoms with Crippen LogP contribution in [0.2, 0.25) is 0 Å². The Labute approximate surface area is 124 Å². The highest BCUT2D eigenvalue weighted by Crippen LogP contribution is 2.31. The number of anilines is 1. The summed E-state index contributed by atoms with van der Waals surface area (Å²) in [6, 6.07) is -0.231. The van der Waals surface area contributed by atoms with Crippen molar-refractivity contribution < 1.29 is 18.0 Å². The summed E-state index contributed by atoms with van der Waals surface area (Å²) in [7, 11) is 1.50. The predicted octanol–water partition coefficient (Wildman–Crippen LogP) is 2.38. The number of carbonyl (C=O) groups excluding carboxylic acids is 1. The van der Waals surface area contributed by atoms with Crippen LogP contribution in [0.5, 0.6) is 0 Å². The summed E-state index contributed by atoms with van der Waals surface area (Å²) in [5, 5.41) is 11.0. The first-order chi connectivity index (χ1) is 10.2. The number of hydrogen-bond donors (Lipinski definition) is 0. The Morgan fingerprint density at radius 3 is 2.55 bits per heavy atom. The fourth-order valence-electron chi connectivity index (χ4n) is 1.94. The minimum Gasteiger partial charge on any atom is -0.310 e. The molecule has 0 bridgehead atoms. The quantitative estimate of drug-likeness (QED) is 0.873. The van der Waals surface area contributed by atoms with E-state index in [1.165, 1.54) is 31.3 Å². The molecule has 0 radical (unpaired) electrons. The van der Waals surface area contributed by atoms with Crippen molar-refractivity contribution in [1.82, 2.24) is 20.0 Å². The summed E-state index contributed by atoms with van der Waals surface area (Å²) >= 11 is 0. The van der Waals surface area contributed by atoms with Crippen LogP contribution in [0.3, 0.4) is 0 Å². The van der Waals surface area contributed by atoms with Gasteiger partial charge in [0.15, 0.2) is 0 Å². The van der Waals surface area contributed by atoms with Gasteiger partial charge in [0.1, 0.15) is 6.04 Å². The van der Waals surface area contributed by atoms with Gasteiger partial charge >= 0.3 is 6.18 Å². The summed E-state index contributed by atoms with van der Waals surface area (Å²) < 4.78 is 39.1. The molecule has 1 amide bonds. The highest BCUT2D eigenvalue weighted by molar-refractivity contribution is 6.06. The van der Waals surface area contributed by atoms with Crippen molar-refractivity contribution >= 4 is 11.6 Å². The molecule has 2 rings (SSSR count). The molecule has 0 spiro atoms. The highest BCUT2D eigenvalue weighted by atomic mass is 19.4. The fraction of sp³-hybridized carbons (Fsp3) is 0.385. The second-order valence-electron chi connectivity index (χ2n) is 4.77. The van der Waals surface area contributed by atoms with Crippen molar-refractivity contribution in [2.75, 3.05) is 11.9 Å². The second-order valence-corrected chi connectivity index (χ2v) is 4.77. The van der Waals surface area contributed by atoms with Crippen LogP contribution < -0.4 is 4.90 Å². The molecule has 22 heavy (non-hydrogen) atoms. The van der Waals surface area contributed by atoms with Crippen LogP contribution in [-0.4, -0.2) is 39.1 Å². The van der Waals surface area contributed by atoms with Crippen LogP contribution in [0.15, 0.2) is 24.7 Å². The third-order valence-electron chi connectivity index (χ3n) is 3.38. The zero-order valence-electron chi connectivity index (χ0n) is 12.2. The van der Waals surface area contributed by atoms with E-state index in [0.29, 0.717) is 5.69 Å². The number of halogens is 3. The molecular formula is C13H14F3N5O. The van der Waals surface area contributed by atoms with Gasteiger partial charge in [-0.05, 0) is 19.9 Å². The largest absolute Gasteiger partial charge is 0.410 e. The Morgan fingerprint density at radius 1 is 1.32 bits per heavy atom. The minimum absolute atomic E-state index is 0.107. The van der Waals surface area contributed by atoms with Crippen LogP contribution in [0.25, 0.3) is 0 Å². The molecule has 0 aliphatic heterocycles. The number of aromatic nitrogens is 4. The highest BCUT2D eigenvalue weighted by Gasteiger charge is 2.39. The first-order valence-electron chi connectivity index (χ1n) is 6.39. The maximum Gasteiger partial charge on any atom is 0.410 e. The van der Waals surface area contributed by atoms with Gasteiger partial charge < -0.3 is 4.90 Å². The zero-order chi connectivity index (χ0) is 16.5. The number of rotatable bonds is 3. The van der Waals surface area contributed by atoms with Gasteiger partial charge in [0, 0.05) is 12.7 Å². The summed E-state index contributed by atoms with van der Waals surface area (Å²) in [5.41, 5.74) is 0.745. The van der Waals surface area contributed by atoms with Crippen LogP contribution in [-0.2, 0) is 0 Å². The lowest BCUT2D eigenvalue weighted by Gasteiger charge is -2.19. The molecule has 0 saturated heterocycles. The zero-order valence-corrected chi connectivity index (χ0v) is 12.2. The van der Waals surface area contributed by atoms with Crippen LogP contribution >= 0.6 is 0 Å². The lowest BCUT2D eigenvalue weighted by molar-refractivity contribution is -0.165. The van der Waals surface area contributed by atoms with Crippen LogP contribution in [0.1, 0.15) is 29.0 Å². The molecule has 0 aromatic carbocycles. The summed E-state index contributed by atoms with van der Waals surface area (Å²) in [4.78, 5) is 13.7. The summed E-state index contributed by atoms with van der Waals surface area (Å²) in [5.74, 6) is -0.467. The topological polar surface area (TPSA) is 63.9 Å². The third kappa shape index (κ3) is 2.92. The van der Waals surface area contributed by atoms with Gasteiger partial charge in [-0.2, -0.15) is 28.5 Å². The first kappa shape index (κ1) is 15.9. The van der Waals surface area contributed by atoms with E-state index in [1.54, 1.807) is 6.07 Å². The Morgan fingerprint density at radius 2 is 2.00 bits per heavy atom. The average molecular weight is 313 g/mol. The second kappa shape index (κ2) is 5.74. The molecule has 0 aliphatic rings. The van der Waals surface area contributed by atoms with E-state index in [-0.39, 0.29) is 11.3 Å². The summed E-state index contributed by atoms with van der Waals surface area (Å²) in [6.07, 6.45) is -0.486. The SMILES string of the molecule is Cc1c(C(=O)N(C)c2ccnnc2)cnn1C(C)C(F)(F)F. The van der Waals surface area contributed by atoms with Gasteiger partial charge in [0.25, 0.3) is 5.91 Å². The van der Waals surface area contributed by atoms with E-state index in [0.717, 1.165) is 17.8 Å². The number of alkyl halides is 3. The van der Waals surface area contributed by atoms with Crippen molar-refractivity contribution in [2.45, 2.75) is 26.1 Å². The molecule has 0 saturated carbocycles. The van der Waals surface area contributed by atoms with Gasteiger partial charge in [0.05, 0.1) is 29.8 Å². The Bertz CT molecular complexity index is 668. The minimum atomic E-state index is -4.43. The number of nitrogens with zero attached hydrogens (tertiary/aromatic N) is 5. The van der Waals surface area contributed by atoms with E-state index in [2.05, 4.69) is 15.3 Å². The van der Waals surface area contributed by atoms with Gasteiger partial charge in [-0.15, -0.1) is 0 Å². The summed E-state index contributed by atoms with van der Waals surface area (Å²) in [6.45, 7) is 2.42. The molecule has 0 aliphatic carbocycles. The van der Waals surface area contributed by atoms with E-state index in [9.17, 15) is 18.0 Å². The Kier molecular flexibility index (Phi) is 4.16. The van der Waals surface area contributed by atoms with Gasteiger partial charge in [-0.25, -0.2) is 0 Å². The molecule has 2 aromatic rings. The van der Waals surface area contributed by atoms with Crippen molar-refractivity contribution in [2.24, 2.45) is 0 Å². The number of carbonyl (C=O) groups is 1. The normalized spacial score (nSPS) is 13.0. The Hall–Kier alpha value is -2.45. The standard InChI is InChI=1S/C13H14F3N5O/c1-8-11(7-19-21(8)9(2)13(14,15)16)12(22)20(3)10-4-5-17-18-6-10/h4-7,9H,1-3H3. The molecule has 6 nitrogen and oxygen atoms in total. The fourth-order valence-corrected chi connectivity index (χ4v) is 1.94. The molecule has 9 heteroatoms.